The van der Waals surface area contributed by atoms with E-state index in [1.165, 1.54) is 10.5 Å². The molecular formula is C16H20ClN3O5S. The van der Waals surface area contributed by atoms with Gasteiger partial charge >= 0.3 is 0 Å². The van der Waals surface area contributed by atoms with E-state index < -0.39 is 15.9 Å². The third kappa shape index (κ3) is 4.11. The van der Waals surface area contributed by atoms with Crippen molar-refractivity contribution >= 4 is 33.7 Å². The topological polar surface area (TPSA) is 97.3 Å². The molecule has 3 rings (SSSR count). The summed E-state index contributed by atoms with van der Waals surface area (Å²) in [5.74, 6) is 0.427. The molecule has 2 heterocycles. The third-order valence-corrected chi connectivity index (χ3v) is 6.56. The molecule has 0 saturated carbocycles. The number of amides is 1. The largest absolute Gasteiger partial charge is 0.454 e. The number of benzene rings is 1. The number of nitrogens with zero attached hydrogens (tertiary/aromatic N) is 2. The molecule has 10 heteroatoms. The van der Waals surface area contributed by atoms with Gasteiger partial charge in [0.25, 0.3) is 0 Å². The van der Waals surface area contributed by atoms with E-state index in [0.29, 0.717) is 41.5 Å². The summed E-state index contributed by atoms with van der Waals surface area (Å²) in [6, 6.07) is 3.30. The number of fused-ring (bicyclic) bond motifs is 1. The van der Waals surface area contributed by atoms with Gasteiger partial charge in [0.1, 0.15) is 0 Å². The van der Waals surface area contributed by atoms with Crippen LogP contribution in [-0.2, 0) is 14.8 Å². The summed E-state index contributed by atoms with van der Waals surface area (Å²) in [5.41, 5.74) is 3.04. The fraction of sp³-hybridized carbons (Fsp3) is 0.500. The van der Waals surface area contributed by atoms with Crippen molar-refractivity contribution in [2.75, 3.05) is 25.6 Å². The van der Waals surface area contributed by atoms with Crippen molar-refractivity contribution in [2.45, 2.75) is 19.8 Å². The zero-order chi connectivity index (χ0) is 18.7. The zero-order valence-electron chi connectivity index (χ0n) is 14.3. The van der Waals surface area contributed by atoms with Crippen LogP contribution in [0.1, 0.15) is 25.3 Å². The van der Waals surface area contributed by atoms with E-state index in [0.717, 1.165) is 0 Å². The van der Waals surface area contributed by atoms with Gasteiger partial charge in [-0.2, -0.15) is 5.10 Å². The van der Waals surface area contributed by atoms with Crippen LogP contribution in [0.5, 0.6) is 11.5 Å². The first-order valence-corrected chi connectivity index (χ1v) is 10.3. The highest BCUT2D eigenvalue weighted by molar-refractivity contribution is 7.89. The lowest BCUT2D eigenvalue weighted by Gasteiger charge is -2.30. The van der Waals surface area contributed by atoms with E-state index in [4.69, 9.17) is 21.1 Å². The predicted molar refractivity (Wildman–Crippen MR) is 97.1 cm³/mol. The second kappa shape index (κ2) is 7.81. The highest BCUT2D eigenvalue weighted by Gasteiger charge is 2.31. The van der Waals surface area contributed by atoms with Crippen molar-refractivity contribution in [1.82, 2.24) is 9.73 Å². The molecule has 0 radical (unpaired) electrons. The van der Waals surface area contributed by atoms with Crippen molar-refractivity contribution < 1.29 is 22.7 Å². The fourth-order valence-corrected chi connectivity index (χ4v) is 4.26. The van der Waals surface area contributed by atoms with Crippen molar-refractivity contribution in [3.05, 3.63) is 22.7 Å². The summed E-state index contributed by atoms with van der Waals surface area (Å²) >= 11 is 6.14. The van der Waals surface area contributed by atoms with Crippen LogP contribution >= 0.6 is 11.6 Å². The maximum absolute atomic E-state index is 12.3. The molecule has 1 unspecified atom stereocenters. The second-order valence-corrected chi connectivity index (χ2v) is 8.72. The van der Waals surface area contributed by atoms with Gasteiger partial charge < -0.3 is 9.47 Å². The van der Waals surface area contributed by atoms with Gasteiger partial charge in [-0.15, -0.1) is 0 Å². The van der Waals surface area contributed by atoms with Crippen molar-refractivity contribution in [2.24, 2.45) is 11.0 Å². The van der Waals surface area contributed by atoms with Crippen LogP contribution in [-0.4, -0.2) is 50.5 Å². The summed E-state index contributed by atoms with van der Waals surface area (Å²) in [7, 11) is -3.29. The molecule has 2 aliphatic rings. The summed E-state index contributed by atoms with van der Waals surface area (Å²) in [6.45, 7) is 2.37. The van der Waals surface area contributed by atoms with Crippen LogP contribution in [0.15, 0.2) is 17.2 Å². The lowest BCUT2D eigenvalue weighted by Crippen LogP contribution is -2.45. The average molecular weight is 402 g/mol. The molecule has 1 saturated heterocycles. The van der Waals surface area contributed by atoms with Gasteiger partial charge in [-0.25, -0.2) is 18.1 Å². The predicted octanol–water partition coefficient (Wildman–Crippen LogP) is 1.58. The van der Waals surface area contributed by atoms with Crippen molar-refractivity contribution in [3.8, 4) is 11.5 Å². The minimum atomic E-state index is -3.29. The number of rotatable bonds is 5. The number of piperidine rings is 1. The van der Waals surface area contributed by atoms with Crippen LogP contribution in [0, 0.1) is 5.92 Å². The Morgan fingerprint density at radius 2 is 2.15 bits per heavy atom. The number of nitrogens with one attached hydrogen (secondary N) is 1. The molecule has 26 heavy (non-hydrogen) atoms. The molecule has 0 aliphatic carbocycles. The smallest absolute Gasteiger partial charge is 0.244 e. The number of ether oxygens (including phenoxy) is 2. The van der Waals surface area contributed by atoms with Gasteiger partial charge in [0.05, 0.1) is 22.9 Å². The summed E-state index contributed by atoms with van der Waals surface area (Å²) in [5, 5.41) is 4.36. The minimum absolute atomic E-state index is 0.0299. The number of halogens is 1. The Morgan fingerprint density at radius 1 is 1.42 bits per heavy atom. The number of carbonyl (C=O) groups is 1. The lowest BCUT2D eigenvalue weighted by atomic mass is 9.99. The van der Waals surface area contributed by atoms with Gasteiger partial charge in [-0.3, -0.25) is 4.79 Å². The van der Waals surface area contributed by atoms with Crippen molar-refractivity contribution in [1.29, 1.82) is 0 Å². The molecule has 1 fully saturated rings. The van der Waals surface area contributed by atoms with Gasteiger partial charge in [0.15, 0.2) is 11.5 Å². The maximum Gasteiger partial charge on any atom is 0.244 e. The maximum atomic E-state index is 12.3. The molecule has 142 valence electrons. The monoisotopic (exact) mass is 401 g/mol. The Balaban J connectivity index is 1.61. The Kier molecular flexibility index (Phi) is 5.69. The van der Waals surface area contributed by atoms with E-state index >= 15 is 0 Å². The Morgan fingerprint density at radius 3 is 2.88 bits per heavy atom. The van der Waals surface area contributed by atoms with Gasteiger partial charge in [-0.05, 0) is 25.8 Å². The van der Waals surface area contributed by atoms with Crippen LogP contribution in [0.25, 0.3) is 0 Å². The molecule has 2 aliphatic heterocycles. The van der Waals surface area contributed by atoms with E-state index in [1.54, 1.807) is 19.1 Å². The quantitative estimate of drug-likeness (QED) is 0.596. The average Bonchev–Trinajstić information content (AvgIpc) is 3.09. The van der Waals surface area contributed by atoms with Crippen LogP contribution < -0.4 is 14.9 Å². The van der Waals surface area contributed by atoms with E-state index in [1.807, 2.05) is 0 Å². The normalized spacial score (nSPS) is 20.5. The second-order valence-electron chi connectivity index (χ2n) is 6.06. The Bertz CT molecular complexity index is 827. The standard InChI is InChI=1S/C16H20ClN3O5S/c1-2-26(22,23)20-5-3-4-11(9-20)16(21)19-18-8-12-6-14-15(7-13(12)17)25-10-24-14/h6-8,11H,2-5,9-10H2,1H3,(H,19,21). The number of carbonyl (C=O) groups excluding carboxylic acids is 1. The third-order valence-electron chi connectivity index (χ3n) is 4.38. The highest BCUT2D eigenvalue weighted by Crippen LogP contribution is 2.36. The number of hydrazone groups is 1. The molecule has 1 aromatic rings. The molecule has 1 aromatic carbocycles. The van der Waals surface area contributed by atoms with Crippen molar-refractivity contribution in [3.63, 3.8) is 0 Å². The molecule has 0 spiro atoms. The molecule has 1 N–H and O–H groups in total. The molecule has 8 nitrogen and oxygen atoms in total. The van der Waals surface area contributed by atoms with Crippen LogP contribution in [0.4, 0.5) is 0 Å². The Hall–Kier alpha value is -1.84. The van der Waals surface area contributed by atoms with Gasteiger partial charge in [0.2, 0.25) is 22.7 Å². The molecule has 1 atom stereocenters. The number of hydrogen-bond acceptors (Lipinski definition) is 6. The first kappa shape index (κ1) is 18.9. The highest BCUT2D eigenvalue weighted by atomic mass is 35.5. The summed E-state index contributed by atoms with van der Waals surface area (Å²) in [6.07, 6.45) is 2.70. The number of hydrogen-bond donors (Lipinski definition) is 1. The molecule has 1 amide bonds. The van der Waals surface area contributed by atoms with Gasteiger partial charge in [0, 0.05) is 24.7 Å². The van der Waals surface area contributed by atoms with Crippen LogP contribution in [0.3, 0.4) is 0 Å². The van der Waals surface area contributed by atoms with E-state index in [9.17, 15) is 13.2 Å². The number of sulfonamides is 1. The fourth-order valence-electron chi connectivity index (χ4n) is 2.88. The van der Waals surface area contributed by atoms with E-state index in [2.05, 4.69) is 10.5 Å². The SMILES string of the molecule is CCS(=O)(=O)N1CCCC(C(=O)NN=Cc2cc3c(cc2Cl)OCO3)C1. The van der Waals surface area contributed by atoms with E-state index in [-0.39, 0.29) is 25.0 Å². The van der Waals surface area contributed by atoms with Gasteiger partial charge in [-0.1, -0.05) is 11.6 Å². The van der Waals surface area contributed by atoms with Crippen LogP contribution in [0.2, 0.25) is 5.02 Å². The minimum Gasteiger partial charge on any atom is -0.454 e. The molecule has 0 bridgehead atoms. The first-order chi connectivity index (χ1) is 12.4. The summed E-state index contributed by atoms with van der Waals surface area (Å²) in [4.78, 5) is 12.3. The molecular weight excluding hydrogens is 382 g/mol. The summed E-state index contributed by atoms with van der Waals surface area (Å²) < 4.78 is 35.8. The first-order valence-electron chi connectivity index (χ1n) is 8.30. The zero-order valence-corrected chi connectivity index (χ0v) is 15.8. The molecule has 0 aromatic heterocycles. The Labute approximate surface area is 157 Å². The lowest BCUT2D eigenvalue weighted by molar-refractivity contribution is -0.126.